The average Bonchev–Trinajstić information content (AvgIpc) is 2.60. The largest absolute Gasteiger partial charge is 0.481 e. The fourth-order valence-electron chi connectivity index (χ4n) is 3.30. The van der Waals surface area contributed by atoms with Crippen molar-refractivity contribution in [3.8, 4) is 0 Å². The normalized spacial score (nSPS) is 11.4. The maximum atomic E-state index is 10.4. The molecule has 0 heterocycles. The average molecular weight is 353 g/mol. The van der Waals surface area contributed by atoms with Gasteiger partial charge in [0.2, 0.25) is 0 Å². The third-order valence-electron chi connectivity index (χ3n) is 4.91. The van der Waals surface area contributed by atoms with Gasteiger partial charge in [0.1, 0.15) is 0 Å². The second kappa shape index (κ2) is 21.3. The van der Waals surface area contributed by atoms with E-state index in [9.17, 15) is 4.79 Å². The molecule has 25 heavy (non-hydrogen) atoms. The van der Waals surface area contributed by atoms with Gasteiger partial charge in [-0.1, -0.05) is 109 Å². The van der Waals surface area contributed by atoms with E-state index in [1.807, 2.05) is 0 Å². The molecule has 0 aromatic rings. The molecule has 0 bridgehead atoms. The molecule has 1 N–H and O–H groups in total. The Kier molecular flexibility index (Phi) is 20.6. The number of carboxylic acid groups (broad SMARTS) is 1. The maximum Gasteiger partial charge on any atom is 0.303 e. The number of aliphatic carboxylic acids is 1. The highest BCUT2D eigenvalue weighted by molar-refractivity contribution is 5.66. The minimum absolute atomic E-state index is 0.344. The lowest BCUT2D eigenvalue weighted by Gasteiger charge is -2.03. The van der Waals surface area contributed by atoms with Crippen LogP contribution in [0.1, 0.15) is 129 Å². The quantitative estimate of drug-likeness (QED) is 0.178. The van der Waals surface area contributed by atoms with Crippen LogP contribution >= 0.6 is 0 Å². The Labute approximate surface area is 157 Å². The van der Waals surface area contributed by atoms with Gasteiger partial charge in [0, 0.05) is 6.42 Å². The first-order chi connectivity index (χ1) is 12.3. The summed E-state index contributed by atoms with van der Waals surface area (Å²) in [4.78, 5) is 10.4. The van der Waals surface area contributed by atoms with Crippen LogP contribution in [0, 0.1) is 0 Å². The predicted octanol–water partition coefficient (Wildman–Crippen LogP) is 8.06. The molecule has 2 heteroatoms. The lowest BCUT2D eigenvalue weighted by atomic mass is 10.0. The van der Waals surface area contributed by atoms with Gasteiger partial charge in [-0.15, -0.1) is 0 Å². The van der Waals surface area contributed by atoms with Crippen LogP contribution in [0.15, 0.2) is 12.2 Å². The summed E-state index contributed by atoms with van der Waals surface area (Å²) in [6.45, 7) is 2.20. The molecule has 0 radical (unpaired) electrons. The summed E-state index contributed by atoms with van der Waals surface area (Å²) in [5.41, 5.74) is 0. The number of allylic oxidation sites excluding steroid dienone is 2. The molecule has 0 aromatic heterocycles. The smallest absolute Gasteiger partial charge is 0.303 e. The number of hydrogen-bond donors (Lipinski definition) is 1. The zero-order valence-electron chi connectivity index (χ0n) is 16.9. The van der Waals surface area contributed by atoms with E-state index < -0.39 is 5.97 Å². The second-order valence-corrected chi connectivity index (χ2v) is 7.47. The maximum absolute atomic E-state index is 10.4. The van der Waals surface area contributed by atoms with E-state index in [4.69, 9.17) is 5.11 Å². The van der Waals surface area contributed by atoms with Crippen molar-refractivity contribution >= 4 is 5.97 Å². The zero-order chi connectivity index (χ0) is 18.4. The number of carboxylic acids is 1. The van der Waals surface area contributed by atoms with Crippen LogP contribution in [0.4, 0.5) is 0 Å². The summed E-state index contributed by atoms with van der Waals surface area (Å²) < 4.78 is 0. The van der Waals surface area contributed by atoms with Crippen molar-refractivity contribution < 1.29 is 9.90 Å². The Bertz CT molecular complexity index is 296. The van der Waals surface area contributed by atoms with E-state index in [-0.39, 0.29) is 0 Å². The summed E-state index contributed by atoms with van der Waals surface area (Å²) in [7, 11) is 0. The molecular weight excluding hydrogens is 308 g/mol. The molecule has 0 unspecified atom stereocenters. The highest BCUT2D eigenvalue weighted by Gasteiger charge is 1.97. The van der Waals surface area contributed by atoms with Crippen LogP contribution in [0.5, 0.6) is 0 Å². The highest BCUT2D eigenvalue weighted by Crippen LogP contribution is 2.14. The van der Waals surface area contributed by atoms with Gasteiger partial charge in [-0.2, -0.15) is 0 Å². The van der Waals surface area contributed by atoms with Gasteiger partial charge in [0.25, 0.3) is 0 Å². The van der Waals surface area contributed by atoms with Crippen molar-refractivity contribution in [2.24, 2.45) is 0 Å². The number of rotatable bonds is 20. The lowest BCUT2D eigenvalue weighted by Crippen LogP contribution is -1.93. The van der Waals surface area contributed by atoms with Gasteiger partial charge in [0.15, 0.2) is 0 Å². The minimum atomic E-state index is -0.653. The molecule has 0 amide bonds. The molecule has 0 aliphatic heterocycles. The molecule has 0 spiro atoms. The van der Waals surface area contributed by atoms with Crippen LogP contribution in [-0.2, 0) is 4.79 Å². The van der Waals surface area contributed by atoms with E-state index >= 15 is 0 Å². The van der Waals surface area contributed by atoms with Crippen molar-refractivity contribution in [3.05, 3.63) is 12.2 Å². The topological polar surface area (TPSA) is 37.3 Å². The summed E-state index contributed by atoms with van der Waals surface area (Å²) in [6, 6.07) is 0. The minimum Gasteiger partial charge on any atom is -0.481 e. The molecule has 0 saturated carbocycles. The van der Waals surface area contributed by atoms with Gasteiger partial charge in [-0.25, -0.2) is 0 Å². The van der Waals surface area contributed by atoms with E-state index in [1.165, 1.54) is 103 Å². The zero-order valence-corrected chi connectivity index (χ0v) is 16.9. The van der Waals surface area contributed by atoms with Crippen molar-refractivity contribution in [2.75, 3.05) is 0 Å². The van der Waals surface area contributed by atoms with Crippen molar-refractivity contribution in [1.29, 1.82) is 0 Å². The second-order valence-electron chi connectivity index (χ2n) is 7.47. The lowest BCUT2D eigenvalue weighted by molar-refractivity contribution is -0.137. The number of hydrogen-bond acceptors (Lipinski definition) is 1. The first-order valence-corrected chi connectivity index (χ1v) is 11.1. The Balaban J connectivity index is 3.00. The van der Waals surface area contributed by atoms with Crippen LogP contribution in [-0.4, -0.2) is 11.1 Å². The van der Waals surface area contributed by atoms with E-state index in [2.05, 4.69) is 19.1 Å². The molecule has 0 aliphatic carbocycles. The Hall–Kier alpha value is -0.790. The van der Waals surface area contributed by atoms with Crippen LogP contribution < -0.4 is 0 Å². The molecule has 0 saturated heterocycles. The number of unbranched alkanes of at least 4 members (excludes halogenated alkanes) is 16. The summed E-state index contributed by atoms with van der Waals surface area (Å²) in [6.07, 6.45) is 28.7. The first-order valence-electron chi connectivity index (χ1n) is 11.1. The third-order valence-corrected chi connectivity index (χ3v) is 4.91. The molecule has 0 fully saturated rings. The van der Waals surface area contributed by atoms with E-state index in [0.717, 1.165) is 12.8 Å². The van der Waals surface area contributed by atoms with Gasteiger partial charge >= 0.3 is 5.97 Å². The van der Waals surface area contributed by atoms with Gasteiger partial charge in [-0.05, 0) is 25.7 Å². The van der Waals surface area contributed by atoms with Crippen LogP contribution in [0.3, 0.4) is 0 Å². The molecule has 0 aromatic carbocycles. The fourth-order valence-corrected chi connectivity index (χ4v) is 3.30. The predicted molar refractivity (Wildman–Crippen MR) is 110 cm³/mol. The summed E-state index contributed by atoms with van der Waals surface area (Å²) in [5.74, 6) is -0.653. The number of carbonyl (C=O) groups is 1. The van der Waals surface area contributed by atoms with E-state index in [1.54, 1.807) is 0 Å². The molecule has 0 rings (SSSR count). The molecule has 148 valence electrons. The Morgan fingerprint density at radius 3 is 1.32 bits per heavy atom. The van der Waals surface area contributed by atoms with Crippen LogP contribution in [0.2, 0.25) is 0 Å². The van der Waals surface area contributed by atoms with Gasteiger partial charge in [0.05, 0.1) is 0 Å². The molecule has 0 atom stereocenters. The summed E-state index contributed by atoms with van der Waals surface area (Å²) in [5, 5.41) is 8.56. The SMILES string of the molecule is CCC=CCCCCCCCCCCCCCCCCCCC(=O)O. The van der Waals surface area contributed by atoms with Gasteiger partial charge < -0.3 is 5.11 Å². The van der Waals surface area contributed by atoms with Crippen molar-refractivity contribution in [1.82, 2.24) is 0 Å². The van der Waals surface area contributed by atoms with Crippen LogP contribution in [0.25, 0.3) is 0 Å². The van der Waals surface area contributed by atoms with Crippen molar-refractivity contribution in [2.45, 2.75) is 129 Å². The van der Waals surface area contributed by atoms with Crippen molar-refractivity contribution in [3.63, 3.8) is 0 Å². The molecular formula is C23H44O2. The standard InChI is InChI=1S/C23H44O2/c1-2-3-4-5-6-7-8-9-10-11-12-13-14-15-16-17-18-19-20-21-22-23(24)25/h3-4H,2,5-22H2,1H3,(H,24,25). The monoisotopic (exact) mass is 352 g/mol. The highest BCUT2D eigenvalue weighted by atomic mass is 16.4. The molecule has 2 nitrogen and oxygen atoms in total. The first kappa shape index (κ1) is 24.2. The molecule has 0 aliphatic rings. The summed E-state index contributed by atoms with van der Waals surface area (Å²) >= 11 is 0. The fraction of sp³-hybridized carbons (Fsp3) is 0.870. The Morgan fingerprint density at radius 1 is 0.600 bits per heavy atom. The van der Waals surface area contributed by atoms with E-state index in [0.29, 0.717) is 6.42 Å². The third kappa shape index (κ3) is 23.2. The van der Waals surface area contributed by atoms with Gasteiger partial charge in [-0.3, -0.25) is 4.79 Å². The Morgan fingerprint density at radius 2 is 0.960 bits per heavy atom.